The van der Waals surface area contributed by atoms with Crippen LogP contribution >= 0.6 is 0 Å². The average Bonchev–Trinajstić information content (AvgIpc) is 2.92. The number of sulfonamides is 1. The Balaban J connectivity index is 1.28. The second-order valence-electron chi connectivity index (χ2n) is 9.71. The number of rotatable bonds is 6. The zero-order valence-corrected chi connectivity index (χ0v) is 22.1. The van der Waals surface area contributed by atoms with Crippen LogP contribution in [0.25, 0.3) is 11.1 Å². The first-order chi connectivity index (χ1) is 19.0. The molecule has 0 aromatic heterocycles. The molecule has 40 heavy (non-hydrogen) atoms. The summed E-state index contributed by atoms with van der Waals surface area (Å²) in [7, 11) is -3.77. The van der Waals surface area contributed by atoms with Crippen molar-refractivity contribution in [2.45, 2.75) is 30.6 Å². The van der Waals surface area contributed by atoms with Crippen molar-refractivity contribution in [3.05, 3.63) is 119 Å². The third-order valence-electron chi connectivity index (χ3n) is 6.88. The first-order valence-electron chi connectivity index (χ1n) is 12.5. The Morgan fingerprint density at radius 2 is 1.65 bits per heavy atom. The molecule has 0 spiro atoms. The number of benzene rings is 4. The monoisotopic (exact) mass is 565 g/mol. The van der Waals surface area contributed by atoms with Crippen molar-refractivity contribution in [1.82, 2.24) is 4.90 Å². The average molecular weight is 566 g/mol. The summed E-state index contributed by atoms with van der Waals surface area (Å²) in [4.78, 5) is 15.5. The molecule has 1 amide bonds. The van der Waals surface area contributed by atoms with Crippen molar-refractivity contribution < 1.29 is 26.4 Å². The fourth-order valence-electron chi connectivity index (χ4n) is 4.87. The number of amides is 1. The number of nitrogens with one attached hydrogen (secondary N) is 1. The molecule has 0 radical (unpaired) electrons. The highest BCUT2D eigenvalue weighted by Crippen LogP contribution is 2.32. The number of halogens is 3. The number of hydrogen-bond donors (Lipinski definition) is 2. The number of carbonyl (C=O) groups excluding carboxylic acids is 1. The van der Waals surface area contributed by atoms with E-state index >= 15 is 0 Å². The first kappa shape index (κ1) is 27.6. The summed E-state index contributed by atoms with van der Waals surface area (Å²) in [5.41, 5.74) is 4.34. The van der Waals surface area contributed by atoms with Crippen molar-refractivity contribution in [2.24, 2.45) is 5.14 Å². The van der Waals surface area contributed by atoms with Crippen molar-refractivity contribution in [3.63, 3.8) is 0 Å². The highest BCUT2D eigenvalue weighted by atomic mass is 32.2. The van der Waals surface area contributed by atoms with Gasteiger partial charge in [0.2, 0.25) is 10.0 Å². The maximum Gasteiger partial charge on any atom is 0.416 e. The third kappa shape index (κ3) is 6.25. The van der Waals surface area contributed by atoms with Crippen LogP contribution in [0.1, 0.15) is 32.6 Å². The van der Waals surface area contributed by atoms with E-state index in [4.69, 9.17) is 5.14 Å². The van der Waals surface area contributed by atoms with E-state index < -0.39 is 21.8 Å². The molecule has 0 atom stereocenters. The molecule has 1 aliphatic rings. The van der Waals surface area contributed by atoms with Gasteiger partial charge in [0.25, 0.3) is 5.91 Å². The van der Waals surface area contributed by atoms with Gasteiger partial charge in [-0.3, -0.25) is 9.69 Å². The molecule has 0 unspecified atom stereocenters. The minimum atomic E-state index is -4.43. The van der Waals surface area contributed by atoms with E-state index in [0.29, 0.717) is 35.5 Å². The zero-order chi connectivity index (χ0) is 28.5. The van der Waals surface area contributed by atoms with Gasteiger partial charge in [0.15, 0.2) is 0 Å². The lowest BCUT2D eigenvalue weighted by Gasteiger charge is -2.29. The highest BCUT2D eigenvalue weighted by molar-refractivity contribution is 7.89. The van der Waals surface area contributed by atoms with E-state index in [-0.39, 0.29) is 10.8 Å². The predicted octanol–water partition coefficient (Wildman–Crippen LogP) is 5.83. The maximum absolute atomic E-state index is 13.2. The molecule has 1 aliphatic heterocycles. The van der Waals surface area contributed by atoms with Gasteiger partial charge in [0.05, 0.1) is 10.5 Å². The standard InChI is InChI=1S/C30H26F3N3O3S/c31-30(32,33)24-11-8-21(9-12-24)27-6-1-2-7-28(27)29(37)35-25-13-10-23-19-36(15-14-22(23)17-25)18-20-4-3-5-26(16-20)40(34,38)39/h1-13,16-17H,14-15,18-19H2,(H,35,37)(H2,34,38,39). The van der Waals surface area contributed by atoms with Gasteiger partial charge < -0.3 is 5.32 Å². The Hall–Kier alpha value is -3.99. The normalized spacial score (nSPS) is 14.0. The molecule has 0 bridgehead atoms. The molecule has 10 heteroatoms. The van der Waals surface area contributed by atoms with Crippen LogP contribution in [0, 0.1) is 0 Å². The third-order valence-corrected chi connectivity index (χ3v) is 7.79. The number of nitrogens with two attached hydrogens (primary N) is 1. The number of nitrogens with zero attached hydrogens (tertiary/aromatic N) is 1. The minimum Gasteiger partial charge on any atom is -0.322 e. The number of fused-ring (bicyclic) bond motifs is 1. The van der Waals surface area contributed by atoms with Crippen LogP contribution in [0.4, 0.5) is 18.9 Å². The largest absolute Gasteiger partial charge is 0.416 e. The van der Waals surface area contributed by atoms with Gasteiger partial charge in [0, 0.05) is 30.9 Å². The maximum atomic E-state index is 13.2. The summed E-state index contributed by atoms with van der Waals surface area (Å²) in [5.74, 6) is -0.359. The molecule has 5 rings (SSSR count). The predicted molar refractivity (Wildman–Crippen MR) is 147 cm³/mol. The van der Waals surface area contributed by atoms with Crippen LogP contribution in [-0.4, -0.2) is 25.8 Å². The summed E-state index contributed by atoms with van der Waals surface area (Å²) in [5, 5.41) is 8.18. The zero-order valence-electron chi connectivity index (χ0n) is 21.3. The second kappa shape index (κ2) is 10.9. The van der Waals surface area contributed by atoms with Crippen molar-refractivity contribution >= 4 is 21.6 Å². The molecule has 3 N–H and O–H groups in total. The fourth-order valence-corrected chi connectivity index (χ4v) is 5.46. The summed E-state index contributed by atoms with van der Waals surface area (Å²) in [6, 6.07) is 23.9. The summed E-state index contributed by atoms with van der Waals surface area (Å²) in [6.45, 7) is 1.99. The van der Waals surface area contributed by atoms with E-state index in [1.165, 1.54) is 18.2 Å². The van der Waals surface area contributed by atoms with Crippen LogP contribution in [0.5, 0.6) is 0 Å². The van der Waals surface area contributed by atoms with E-state index in [1.807, 2.05) is 24.3 Å². The lowest BCUT2D eigenvalue weighted by atomic mass is 9.97. The lowest BCUT2D eigenvalue weighted by Crippen LogP contribution is -2.30. The van der Waals surface area contributed by atoms with Gasteiger partial charge >= 0.3 is 6.18 Å². The number of primary sulfonamides is 1. The van der Waals surface area contributed by atoms with Crippen LogP contribution in [0.3, 0.4) is 0 Å². The first-order valence-corrected chi connectivity index (χ1v) is 14.1. The summed E-state index contributed by atoms with van der Waals surface area (Å²) < 4.78 is 62.3. The van der Waals surface area contributed by atoms with Crippen LogP contribution in [0.15, 0.2) is 95.9 Å². The van der Waals surface area contributed by atoms with E-state index in [1.54, 1.807) is 36.4 Å². The number of anilines is 1. The van der Waals surface area contributed by atoms with Crippen molar-refractivity contribution in [2.75, 3.05) is 11.9 Å². The molecule has 1 heterocycles. The Morgan fingerprint density at radius 3 is 2.38 bits per heavy atom. The Morgan fingerprint density at radius 1 is 0.900 bits per heavy atom. The number of alkyl halides is 3. The smallest absolute Gasteiger partial charge is 0.322 e. The van der Waals surface area contributed by atoms with E-state index in [2.05, 4.69) is 10.2 Å². The van der Waals surface area contributed by atoms with E-state index in [0.717, 1.165) is 41.8 Å². The molecule has 0 fully saturated rings. The highest BCUT2D eigenvalue weighted by Gasteiger charge is 2.30. The van der Waals surface area contributed by atoms with E-state index in [9.17, 15) is 26.4 Å². The fraction of sp³-hybridized carbons (Fsp3) is 0.167. The molecule has 4 aromatic rings. The summed E-state index contributed by atoms with van der Waals surface area (Å²) >= 11 is 0. The Labute approximate surface area is 230 Å². The van der Waals surface area contributed by atoms with Gasteiger partial charge in [-0.05, 0) is 76.7 Å². The number of carbonyl (C=O) groups is 1. The quantitative estimate of drug-likeness (QED) is 0.308. The molecular formula is C30H26F3N3O3S. The van der Waals surface area contributed by atoms with Gasteiger partial charge in [-0.15, -0.1) is 0 Å². The van der Waals surface area contributed by atoms with Crippen molar-refractivity contribution in [3.8, 4) is 11.1 Å². The Kier molecular flexibility index (Phi) is 7.50. The van der Waals surface area contributed by atoms with Crippen LogP contribution < -0.4 is 10.5 Å². The minimum absolute atomic E-state index is 0.0858. The molecule has 0 saturated carbocycles. The van der Waals surface area contributed by atoms with Gasteiger partial charge in [0.1, 0.15) is 0 Å². The molecular weight excluding hydrogens is 539 g/mol. The van der Waals surface area contributed by atoms with Crippen LogP contribution in [-0.2, 0) is 35.7 Å². The SMILES string of the molecule is NS(=O)(=O)c1cccc(CN2CCc3cc(NC(=O)c4ccccc4-c4ccc(C(F)(F)F)cc4)ccc3C2)c1. The molecule has 206 valence electrons. The topological polar surface area (TPSA) is 92.5 Å². The molecule has 4 aromatic carbocycles. The number of hydrogen-bond acceptors (Lipinski definition) is 4. The lowest BCUT2D eigenvalue weighted by molar-refractivity contribution is -0.137. The molecule has 6 nitrogen and oxygen atoms in total. The molecule has 0 saturated heterocycles. The Bertz CT molecular complexity index is 1670. The van der Waals surface area contributed by atoms with Crippen molar-refractivity contribution in [1.29, 1.82) is 0 Å². The molecule has 0 aliphatic carbocycles. The van der Waals surface area contributed by atoms with Crippen LogP contribution in [0.2, 0.25) is 0 Å². The summed E-state index contributed by atoms with van der Waals surface area (Å²) in [6.07, 6.45) is -3.69. The van der Waals surface area contributed by atoms with Gasteiger partial charge in [-0.2, -0.15) is 13.2 Å². The van der Waals surface area contributed by atoms with Gasteiger partial charge in [-0.25, -0.2) is 13.6 Å². The van der Waals surface area contributed by atoms with Gasteiger partial charge in [-0.1, -0.05) is 48.5 Å². The second-order valence-corrected chi connectivity index (χ2v) is 11.3.